The Bertz CT molecular complexity index is 1130. The van der Waals surface area contributed by atoms with E-state index in [0.29, 0.717) is 11.6 Å². The van der Waals surface area contributed by atoms with Crippen LogP contribution in [0.3, 0.4) is 0 Å². The number of ether oxygens (including phenoxy) is 1. The highest BCUT2D eigenvalue weighted by molar-refractivity contribution is 7.99. The molecule has 0 atom stereocenters. The van der Waals surface area contributed by atoms with Crippen molar-refractivity contribution in [3.05, 3.63) is 84.9 Å². The first kappa shape index (κ1) is 20.6. The molecule has 8 heteroatoms. The number of amides is 1. The van der Waals surface area contributed by atoms with Crippen LogP contribution in [0.2, 0.25) is 0 Å². The molecule has 4 rings (SSSR count). The summed E-state index contributed by atoms with van der Waals surface area (Å²) in [6, 6.07) is 19.4. The number of rotatable bonds is 8. The quantitative estimate of drug-likeness (QED) is 0.428. The first-order valence-corrected chi connectivity index (χ1v) is 10.7. The highest BCUT2D eigenvalue weighted by Gasteiger charge is 2.08. The number of nitrogens with zero attached hydrogens (tertiary/aromatic N) is 4. The normalized spacial score (nSPS) is 10.6. The van der Waals surface area contributed by atoms with Crippen LogP contribution in [0.4, 0.5) is 0 Å². The summed E-state index contributed by atoms with van der Waals surface area (Å²) in [4.78, 5) is 16.2. The van der Waals surface area contributed by atoms with Crippen molar-refractivity contribution < 1.29 is 9.53 Å². The molecule has 0 unspecified atom stereocenters. The van der Waals surface area contributed by atoms with Crippen LogP contribution in [0.5, 0.6) is 5.75 Å². The summed E-state index contributed by atoms with van der Waals surface area (Å²) in [5, 5.41) is 12.1. The summed E-state index contributed by atoms with van der Waals surface area (Å²) < 4.78 is 7.24. The molecule has 0 aliphatic rings. The van der Waals surface area contributed by atoms with Crippen LogP contribution in [0.15, 0.2) is 84.4 Å². The van der Waals surface area contributed by atoms with Crippen LogP contribution in [-0.2, 0) is 11.3 Å². The van der Waals surface area contributed by atoms with Crippen molar-refractivity contribution in [2.45, 2.75) is 11.6 Å². The topological polar surface area (TPSA) is 81.9 Å². The smallest absolute Gasteiger partial charge is 0.230 e. The standard InChI is InChI=1S/C23H21N5O2S/c1-30-21-5-3-2-4-18(21)14-25-22(29)15-31-23-11-10-20(26-27-23)17-6-8-19(9-7-17)28-13-12-24-16-28/h2-13,16H,14-15H2,1H3,(H,25,29). The highest BCUT2D eigenvalue weighted by atomic mass is 32.2. The fourth-order valence-electron chi connectivity index (χ4n) is 3.00. The Morgan fingerprint density at radius 1 is 1.06 bits per heavy atom. The molecule has 31 heavy (non-hydrogen) atoms. The lowest BCUT2D eigenvalue weighted by atomic mass is 10.1. The van der Waals surface area contributed by atoms with Crippen LogP contribution < -0.4 is 10.1 Å². The molecule has 0 fully saturated rings. The molecule has 1 N–H and O–H groups in total. The fraction of sp³-hybridized carbons (Fsp3) is 0.130. The molecular formula is C23H21N5O2S. The Kier molecular flexibility index (Phi) is 6.59. The maximum absolute atomic E-state index is 12.2. The number of nitrogens with one attached hydrogen (secondary N) is 1. The van der Waals surface area contributed by atoms with Gasteiger partial charge < -0.3 is 14.6 Å². The van der Waals surface area contributed by atoms with E-state index in [1.54, 1.807) is 19.6 Å². The van der Waals surface area contributed by atoms with E-state index in [4.69, 9.17) is 4.74 Å². The summed E-state index contributed by atoms with van der Waals surface area (Å²) in [5.41, 5.74) is 3.72. The molecule has 0 aliphatic carbocycles. The van der Waals surface area contributed by atoms with E-state index in [2.05, 4.69) is 20.5 Å². The van der Waals surface area contributed by atoms with Gasteiger partial charge in [0.15, 0.2) is 0 Å². The van der Waals surface area contributed by atoms with Gasteiger partial charge in [-0.2, -0.15) is 0 Å². The minimum atomic E-state index is -0.0723. The number of carbonyl (C=O) groups is 1. The Labute approximate surface area is 184 Å². The van der Waals surface area contributed by atoms with Crippen molar-refractivity contribution in [2.75, 3.05) is 12.9 Å². The Balaban J connectivity index is 1.30. The van der Waals surface area contributed by atoms with Crippen molar-refractivity contribution in [1.82, 2.24) is 25.1 Å². The monoisotopic (exact) mass is 431 g/mol. The number of hydrogen-bond acceptors (Lipinski definition) is 6. The predicted molar refractivity (Wildman–Crippen MR) is 120 cm³/mol. The third-order valence-electron chi connectivity index (χ3n) is 4.63. The number of thioether (sulfide) groups is 1. The third kappa shape index (κ3) is 5.29. The number of carbonyl (C=O) groups excluding carboxylic acids is 1. The Morgan fingerprint density at radius 3 is 2.61 bits per heavy atom. The Morgan fingerprint density at radius 2 is 1.90 bits per heavy atom. The van der Waals surface area contributed by atoms with E-state index < -0.39 is 0 Å². The average Bonchev–Trinajstić information content (AvgIpc) is 3.37. The highest BCUT2D eigenvalue weighted by Crippen LogP contribution is 2.21. The molecule has 2 heterocycles. The molecule has 0 saturated carbocycles. The Hall–Kier alpha value is -3.65. The van der Waals surface area contributed by atoms with Gasteiger partial charge in [-0.15, -0.1) is 10.2 Å². The fourth-order valence-corrected chi connectivity index (χ4v) is 3.64. The first-order valence-electron chi connectivity index (χ1n) is 9.67. The minimum Gasteiger partial charge on any atom is -0.496 e. The second-order valence-electron chi connectivity index (χ2n) is 6.65. The summed E-state index contributed by atoms with van der Waals surface area (Å²) >= 11 is 1.35. The van der Waals surface area contributed by atoms with Gasteiger partial charge >= 0.3 is 0 Å². The molecule has 7 nitrogen and oxygen atoms in total. The lowest BCUT2D eigenvalue weighted by Gasteiger charge is -2.09. The van der Waals surface area contributed by atoms with Crippen molar-refractivity contribution >= 4 is 17.7 Å². The van der Waals surface area contributed by atoms with Gasteiger partial charge in [-0.05, 0) is 30.3 Å². The largest absolute Gasteiger partial charge is 0.496 e. The van der Waals surface area contributed by atoms with Crippen LogP contribution in [0, 0.1) is 0 Å². The molecule has 2 aromatic heterocycles. The molecule has 2 aromatic carbocycles. The minimum absolute atomic E-state index is 0.0723. The second-order valence-corrected chi connectivity index (χ2v) is 7.65. The number of para-hydroxylation sites is 1. The van der Waals surface area contributed by atoms with E-state index in [1.807, 2.05) is 71.4 Å². The molecule has 1 amide bonds. The van der Waals surface area contributed by atoms with E-state index in [1.165, 1.54) is 11.8 Å². The number of aromatic nitrogens is 4. The lowest BCUT2D eigenvalue weighted by molar-refractivity contribution is -0.118. The maximum atomic E-state index is 12.2. The summed E-state index contributed by atoms with van der Waals surface area (Å²) in [7, 11) is 1.62. The van der Waals surface area contributed by atoms with Gasteiger partial charge in [0.2, 0.25) is 5.91 Å². The molecule has 0 saturated heterocycles. The predicted octanol–water partition coefficient (Wildman–Crippen LogP) is 3.75. The summed E-state index contributed by atoms with van der Waals surface area (Å²) in [6.07, 6.45) is 5.40. The van der Waals surface area contributed by atoms with E-state index in [-0.39, 0.29) is 11.7 Å². The zero-order chi connectivity index (χ0) is 21.5. The number of imidazole rings is 1. The first-order chi connectivity index (χ1) is 15.2. The van der Waals surface area contributed by atoms with Crippen LogP contribution in [0.25, 0.3) is 16.9 Å². The molecule has 156 valence electrons. The van der Waals surface area contributed by atoms with E-state index >= 15 is 0 Å². The van der Waals surface area contributed by atoms with Gasteiger partial charge in [0.25, 0.3) is 0 Å². The summed E-state index contributed by atoms with van der Waals surface area (Å²) in [5.74, 6) is 0.954. The SMILES string of the molecule is COc1ccccc1CNC(=O)CSc1ccc(-c2ccc(-n3ccnc3)cc2)nn1. The van der Waals surface area contributed by atoms with Crippen molar-refractivity contribution in [2.24, 2.45) is 0 Å². The molecule has 0 bridgehead atoms. The second kappa shape index (κ2) is 9.90. The van der Waals surface area contributed by atoms with Crippen molar-refractivity contribution in [1.29, 1.82) is 0 Å². The molecule has 0 spiro atoms. The van der Waals surface area contributed by atoms with E-state index in [0.717, 1.165) is 28.3 Å². The molecular weight excluding hydrogens is 410 g/mol. The average molecular weight is 432 g/mol. The van der Waals surface area contributed by atoms with Crippen LogP contribution in [0.1, 0.15) is 5.56 Å². The molecule has 4 aromatic rings. The van der Waals surface area contributed by atoms with Crippen molar-refractivity contribution in [3.8, 4) is 22.7 Å². The third-order valence-corrected chi connectivity index (χ3v) is 5.55. The lowest BCUT2D eigenvalue weighted by Crippen LogP contribution is -2.24. The zero-order valence-corrected chi connectivity index (χ0v) is 17.7. The molecule has 0 radical (unpaired) electrons. The van der Waals surface area contributed by atoms with Gasteiger partial charge in [-0.3, -0.25) is 4.79 Å². The van der Waals surface area contributed by atoms with Gasteiger partial charge in [-0.1, -0.05) is 42.1 Å². The number of methoxy groups -OCH3 is 1. The van der Waals surface area contributed by atoms with Gasteiger partial charge in [-0.25, -0.2) is 4.98 Å². The van der Waals surface area contributed by atoms with Gasteiger partial charge in [0.05, 0.1) is 24.9 Å². The van der Waals surface area contributed by atoms with Gasteiger partial charge in [0.1, 0.15) is 10.8 Å². The maximum Gasteiger partial charge on any atom is 0.230 e. The van der Waals surface area contributed by atoms with E-state index in [9.17, 15) is 4.79 Å². The van der Waals surface area contributed by atoms with Gasteiger partial charge in [0, 0.05) is 35.8 Å². The van der Waals surface area contributed by atoms with Crippen molar-refractivity contribution in [3.63, 3.8) is 0 Å². The number of benzene rings is 2. The van der Waals surface area contributed by atoms with Crippen LogP contribution in [-0.4, -0.2) is 38.5 Å². The van der Waals surface area contributed by atoms with Crippen LogP contribution >= 0.6 is 11.8 Å². The zero-order valence-electron chi connectivity index (χ0n) is 16.9. The molecule has 0 aliphatic heterocycles. The number of hydrogen-bond donors (Lipinski definition) is 1. The summed E-state index contributed by atoms with van der Waals surface area (Å²) in [6.45, 7) is 0.420.